The summed E-state index contributed by atoms with van der Waals surface area (Å²) in [5.41, 5.74) is 1.64. The molecule has 2 aromatic rings. The highest BCUT2D eigenvalue weighted by Gasteiger charge is 2.22. The zero-order valence-electron chi connectivity index (χ0n) is 10.0. The predicted octanol–water partition coefficient (Wildman–Crippen LogP) is 2.11. The third-order valence-electron chi connectivity index (χ3n) is 3.01. The molecule has 0 aromatic carbocycles. The fourth-order valence-corrected chi connectivity index (χ4v) is 3.28. The van der Waals surface area contributed by atoms with Crippen molar-refractivity contribution in [3.8, 4) is 6.07 Å². The van der Waals surface area contributed by atoms with Crippen molar-refractivity contribution in [1.82, 2.24) is 5.32 Å². The Balaban J connectivity index is 1.91. The van der Waals surface area contributed by atoms with Gasteiger partial charge in [0, 0.05) is 11.4 Å². The highest BCUT2D eigenvalue weighted by Crippen LogP contribution is 2.34. The van der Waals surface area contributed by atoms with Crippen LogP contribution >= 0.6 is 11.3 Å². The summed E-state index contributed by atoms with van der Waals surface area (Å²) in [4.78, 5) is 13.1. The Hall–Kier alpha value is -2.10. The Labute approximate surface area is 113 Å². The molecule has 0 saturated carbocycles. The lowest BCUT2D eigenvalue weighted by Crippen LogP contribution is -2.22. The van der Waals surface area contributed by atoms with E-state index in [-0.39, 0.29) is 11.7 Å². The van der Waals surface area contributed by atoms with Crippen molar-refractivity contribution in [2.75, 3.05) is 11.9 Å². The fraction of sp³-hybridized carbons (Fsp3) is 0.231. The van der Waals surface area contributed by atoms with Gasteiger partial charge in [0.15, 0.2) is 5.76 Å². The molecule has 1 aliphatic heterocycles. The van der Waals surface area contributed by atoms with Gasteiger partial charge in [0.1, 0.15) is 11.1 Å². The van der Waals surface area contributed by atoms with Gasteiger partial charge in [0.2, 0.25) is 0 Å². The van der Waals surface area contributed by atoms with Crippen molar-refractivity contribution >= 4 is 22.2 Å². The van der Waals surface area contributed by atoms with E-state index in [2.05, 4.69) is 16.7 Å². The molecule has 5 nitrogen and oxygen atoms in total. The van der Waals surface area contributed by atoms with Crippen LogP contribution in [0.25, 0.3) is 0 Å². The number of nitrogens with one attached hydrogen (secondary N) is 2. The number of thiophene rings is 1. The molecule has 0 atom stereocenters. The third kappa shape index (κ3) is 2.14. The van der Waals surface area contributed by atoms with Crippen molar-refractivity contribution in [3.63, 3.8) is 0 Å². The number of hydrogen-bond acceptors (Lipinski definition) is 5. The SMILES string of the molecule is N#Cc1c(NC(=O)c2ccco2)sc2c1CCNC2. The molecule has 0 unspecified atom stereocenters. The largest absolute Gasteiger partial charge is 0.459 e. The van der Waals surface area contributed by atoms with Crippen LogP contribution in [0.5, 0.6) is 0 Å². The Bertz CT molecular complexity index is 652. The number of carbonyl (C=O) groups is 1. The van der Waals surface area contributed by atoms with E-state index in [9.17, 15) is 10.1 Å². The van der Waals surface area contributed by atoms with E-state index in [1.54, 1.807) is 12.1 Å². The molecule has 2 aromatic heterocycles. The summed E-state index contributed by atoms with van der Waals surface area (Å²) in [6, 6.07) is 5.44. The minimum absolute atomic E-state index is 0.244. The van der Waals surface area contributed by atoms with Crippen LogP contribution in [0.4, 0.5) is 5.00 Å². The fourth-order valence-electron chi connectivity index (χ4n) is 2.11. The van der Waals surface area contributed by atoms with Gasteiger partial charge < -0.3 is 15.1 Å². The molecule has 96 valence electrons. The lowest BCUT2D eigenvalue weighted by molar-refractivity contribution is 0.0997. The zero-order chi connectivity index (χ0) is 13.2. The van der Waals surface area contributed by atoms with Crippen LogP contribution < -0.4 is 10.6 Å². The van der Waals surface area contributed by atoms with Crippen molar-refractivity contribution in [2.45, 2.75) is 13.0 Å². The molecule has 1 aliphatic rings. The van der Waals surface area contributed by atoms with Crippen molar-refractivity contribution in [1.29, 1.82) is 5.26 Å². The first-order valence-electron chi connectivity index (χ1n) is 5.90. The smallest absolute Gasteiger partial charge is 0.291 e. The molecule has 0 saturated heterocycles. The van der Waals surface area contributed by atoms with Crippen LogP contribution in [-0.4, -0.2) is 12.5 Å². The second kappa shape index (κ2) is 4.88. The van der Waals surface area contributed by atoms with Crippen LogP contribution in [0.2, 0.25) is 0 Å². The average molecular weight is 273 g/mol. The first-order chi connectivity index (χ1) is 9.29. The molecular weight excluding hydrogens is 262 g/mol. The minimum Gasteiger partial charge on any atom is -0.459 e. The molecule has 0 spiro atoms. The highest BCUT2D eigenvalue weighted by atomic mass is 32.1. The summed E-state index contributed by atoms with van der Waals surface area (Å²) < 4.78 is 5.04. The van der Waals surface area contributed by atoms with Crippen LogP contribution in [-0.2, 0) is 13.0 Å². The van der Waals surface area contributed by atoms with E-state index in [1.165, 1.54) is 17.6 Å². The number of hydrogen-bond donors (Lipinski definition) is 2. The first-order valence-corrected chi connectivity index (χ1v) is 6.71. The maximum Gasteiger partial charge on any atom is 0.291 e. The molecule has 3 heterocycles. The molecule has 1 amide bonds. The molecule has 0 fully saturated rings. The number of nitriles is 1. The standard InChI is InChI=1S/C13H11N3O2S/c14-6-9-8-3-4-15-7-11(8)19-13(9)16-12(17)10-2-1-5-18-10/h1-2,5,15H,3-4,7H2,(H,16,17). The molecule has 2 N–H and O–H groups in total. The van der Waals surface area contributed by atoms with Crippen LogP contribution in [0.15, 0.2) is 22.8 Å². The monoisotopic (exact) mass is 273 g/mol. The van der Waals surface area contributed by atoms with Gasteiger partial charge in [0.25, 0.3) is 5.91 Å². The third-order valence-corrected chi connectivity index (χ3v) is 4.16. The predicted molar refractivity (Wildman–Crippen MR) is 71.1 cm³/mol. The van der Waals surface area contributed by atoms with Crippen LogP contribution in [0, 0.1) is 11.3 Å². The van der Waals surface area contributed by atoms with E-state index in [0.29, 0.717) is 10.6 Å². The van der Waals surface area contributed by atoms with Crippen molar-refractivity contribution < 1.29 is 9.21 Å². The number of amides is 1. The van der Waals surface area contributed by atoms with E-state index < -0.39 is 0 Å². The lowest BCUT2D eigenvalue weighted by atomic mass is 10.1. The van der Waals surface area contributed by atoms with E-state index in [1.807, 2.05) is 0 Å². The van der Waals surface area contributed by atoms with E-state index in [4.69, 9.17) is 4.42 Å². The quantitative estimate of drug-likeness (QED) is 0.878. The highest BCUT2D eigenvalue weighted by molar-refractivity contribution is 7.16. The minimum atomic E-state index is -0.326. The van der Waals surface area contributed by atoms with Gasteiger partial charge in [0.05, 0.1) is 11.8 Å². The van der Waals surface area contributed by atoms with Gasteiger partial charge in [-0.1, -0.05) is 0 Å². The second-order valence-corrected chi connectivity index (χ2v) is 5.28. The van der Waals surface area contributed by atoms with Gasteiger partial charge in [-0.25, -0.2) is 0 Å². The Kier molecular flexibility index (Phi) is 3.07. The summed E-state index contributed by atoms with van der Waals surface area (Å²) in [5, 5.41) is 15.9. The van der Waals surface area contributed by atoms with Gasteiger partial charge in [-0.05, 0) is 30.7 Å². The van der Waals surface area contributed by atoms with Crippen molar-refractivity contribution in [2.24, 2.45) is 0 Å². The Morgan fingerprint density at radius 1 is 1.58 bits per heavy atom. The maximum absolute atomic E-state index is 11.9. The molecular formula is C13H11N3O2S. The zero-order valence-corrected chi connectivity index (χ0v) is 10.8. The van der Waals surface area contributed by atoms with Gasteiger partial charge in [-0.15, -0.1) is 11.3 Å². The summed E-state index contributed by atoms with van der Waals surface area (Å²) in [7, 11) is 0. The van der Waals surface area contributed by atoms with E-state index in [0.717, 1.165) is 30.0 Å². The topological polar surface area (TPSA) is 78.1 Å². The second-order valence-electron chi connectivity index (χ2n) is 4.18. The number of carbonyl (C=O) groups excluding carboxylic acids is 1. The summed E-state index contributed by atoms with van der Waals surface area (Å²) in [5.74, 6) is -0.0820. The molecule has 6 heteroatoms. The number of furan rings is 1. The number of nitrogens with zero attached hydrogens (tertiary/aromatic N) is 1. The summed E-state index contributed by atoms with van der Waals surface area (Å²) in [6.45, 7) is 1.62. The Morgan fingerprint density at radius 2 is 2.47 bits per heavy atom. The summed E-state index contributed by atoms with van der Waals surface area (Å²) in [6.07, 6.45) is 2.27. The van der Waals surface area contributed by atoms with Crippen LogP contribution in [0.3, 0.4) is 0 Å². The lowest BCUT2D eigenvalue weighted by Gasteiger charge is -2.11. The van der Waals surface area contributed by atoms with Gasteiger partial charge in [-0.2, -0.15) is 5.26 Å². The first kappa shape index (κ1) is 12.0. The normalized spacial score (nSPS) is 13.6. The van der Waals surface area contributed by atoms with Gasteiger partial charge in [-0.3, -0.25) is 4.79 Å². The number of rotatable bonds is 2. The summed E-state index contributed by atoms with van der Waals surface area (Å²) >= 11 is 1.45. The molecule has 19 heavy (non-hydrogen) atoms. The number of fused-ring (bicyclic) bond motifs is 1. The van der Waals surface area contributed by atoms with Gasteiger partial charge >= 0.3 is 0 Å². The maximum atomic E-state index is 11.9. The molecule has 0 bridgehead atoms. The van der Waals surface area contributed by atoms with E-state index >= 15 is 0 Å². The average Bonchev–Trinajstić information content (AvgIpc) is 3.05. The molecule has 0 radical (unpaired) electrons. The van der Waals surface area contributed by atoms with Crippen molar-refractivity contribution in [3.05, 3.63) is 40.2 Å². The molecule has 3 rings (SSSR count). The number of anilines is 1. The Morgan fingerprint density at radius 3 is 3.21 bits per heavy atom. The van der Waals surface area contributed by atoms with Crippen LogP contribution in [0.1, 0.15) is 26.6 Å². The molecule has 0 aliphatic carbocycles.